The molecule has 0 aliphatic rings. The summed E-state index contributed by atoms with van der Waals surface area (Å²) in [5.41, 5.74) is 2.33. The Morgan fingerprint density at radius 2 is 1.90 bits per heavy atom. The van der Waals surface area contributed by atoms with E-state index >= 15 is 0 Å². The second-order valence-corrected chi connectivity index (χ2v) is 9.53. The van der Waals surface area contributed by atoms with Crippen molar-refractivity contribution < 1.29 is 17.2 Å². The molecule has 2 aromatic carbocycles. The molecule has 1 N–H and O–H groups in total. The van der Waals surface area contributed by atoms with E-state index in [0.29, 0.717) is 10.7 Å². The number of nitrogens with one attached hydrogen (secondary N) is 1. The van der Waals surface area contributed by atoms with Gasteiger partial charge in [-0.2, -0.15) is 0 Å². The van der Waals surface area contributed by atoms with Crippen LogP contribution in [0.15, 0.2) is 53.6 Å². The van der Waals surface area contributed by atoms with Gasteiger partial charge in [0.15, 0.2) is 4.96 Å². The fourth-order valence-corrected chi connectivity index (χ4v) is 5.21. The average Bonchev–Trinajstić information content (AvgIpc) is 3.22. The van der Waals surface area contributed by atoms with Crippen molar-refractivity contribution in [2.45, 2.75) is 18.4 Å². The number of benzene rings is 2. The van der Waals surface area contributed by atoms with Crippen molar-refractivity contribution in [2.24, 2.45) is 0 Å². The predicted octanol–water partition coefficient (Wildman–Crippen LogP) is 4.78. The Morgan fingerprint density at radius 1 is 1.17 bits per heavy atom. The molecule has 0 amide bonds. The quantitative estimate of drug-likeness (QED) is 0.473. The van der Waals surface area contributed by atoms with Gasteiger partial charge in [0.2, 0.25) is 10.0 Å². The van der Waals surface area contributed by atoms with Crippen LogP contribution in [0.25, 0.3) is 16.2 Å². The van der Waals surface area contributed by atoms with Crippen LogP contribution >= 0.6 is 22.9 Å². The first-order chi connectivity index (χ1) is 13.7. The summed E-state index contributed by atoms with van der Waals surface area (Å²) in [5.74, 6) is -0.999. The van der Waals surface area contributed by atoms with Crippen LogP contribution in [0.1, 0.15) is 10.6 Å². The summed E-state index contributed by atoms with van der Waals surface area (Å²) < 4.78 is 55.7. The van der Waals surface area contributed by atoms with E-state index in [9.17, 15) is 17.2 Å². The number of nitrogens with zero attached hydrogens (tertiary/aromatic N) is 2. The molecule has 0 bridgehead atoms. The summed E-state index contributed by atoms with van der Waals surface area (Å²) in [6.07, 6.45) is 1.83. The second-order valence-electron chi connectivity index (χ2n) is 6.30. The topological polar surface area (TPSA) is 63.5 Å². The largest absolute Gasteiger partial charge is 0.294 e. The van der Waals surface area contributed by atoms with E-state index in [4.69, 9.17) is 11.6 Å². The molecule has 0 fully saturated rings. The van der Waals surface area contributed by atoms with Gasteiger partial charge in [-0.15, -0.1) is 0 Å². The van der Waals surface area contributed by atoms with Crippen molar-refractivity contribution >= 4 is 37.9 Å². The van der Waals surface area contributed by atoms with Crippen molar-refractivity contribution in [3.8, 4) is 11.3 Å². The molecule has 0 aliphatic carbocycles. The van der Waals surface area contributed by atoms with E-state index in [1.807, 2.05) is 17.5 Å². The Morgan fingerprint density at radius 3 is 2.55 bits per heavy atom. The third-order valence-electron chi connectivity index (χ3n) is 4.42. The van der Waals surface area contributed by atoms with Gasteiger partial charge in [-0.3, -0.25) is 4.40 Å². The maximum Gasteiger partial charge on any atom is 0.240 e. The molecular formula is C19H14ClF2N3O2S2. The Bertz CT molecular complexity index is 1320. The zero-order valence-corrected chi connectivity index (χ0v) is 17.4. The van der Waals surface area contributed by atoms with Crippen LogP contribution in [0.4, 0.5) is 8.78 Å². The van der Waals surface area contributed by atoms with Gasteiger partial charge >= 0.3 is 0 Å². The zero-order valence-electron chi connectivity index (χ0n) is 15.0. The van der Waals surface area contributed by atoms with Crippen LogP contribution in [-0.2, 0) is 16.6 Å². The highest BCUT2D eigenvalue weighted by atomic mass is 35.5. The molecule has 0 radical (unpaired) electrons. The molecule has 2 aromatic heterocycles. The molecule has 4 aromatic rings. The molecule has 0 atom stereocenters. The lowest BCUT2D eigenvalue weighted by molar-refractivity contribution is 0.580. The molecule has 10 heteroatoms. The van der Waals surface area contributed by atoms with Crippen LogP contribution in [-0.4, -0.2) is 17.8 Å². The van der Waals surface area contributed by atoms with Gasteiger partial charge in [-0.05, 0) is 49.4 Å². The molecule has 0 unspecified atom stereocenters. The van der Waals surface area contributed by atoms with Crippen molar-refractivity contribution in [1.82, 2.24) is 14.1 Å². The summed E-state index contributed by atoms with van der Waals surface area (Å²) in [4.78, 5) is 5.91. The van der Waals surface area contributed by atoms with E-state index in [2.05, 4.69) is 9.71 Å². The molecule has 0 spiro atoms. The number of aromatic nitrogens is 2. The fraction of sp³-hybridized carbons (Fsp3) is 0.105. The normalized spacial score (nSPS) is 12.0. The fourth-order valence-electron chi connectivity index (χ4n) is 2.81. The minimum Gasteiger partial charge on any atom is -0.294 e. The highest BCUT2D eigenvalue weighted by molar-refractivity contribution is 7.89. The van der Waals surface area contributed by atoms with Crippen LogP contribution in [0.2, 0.25) is 5.02 Å². The number of imidazole rings is 1. The van der Waals surface area contributed by atoms with Crippen molar-refractivity contribution in [2.75, 3.05) is 0 Å². The molecule has 0 aliphatic heterocycles. The molecule has 29 heavy (non-hydrogen) atoms. The summed E-state index contributed by atoms with van der Waals surface area (Å²) >= 11 is 7.03. The Balaban J connectivity index is 1.57. The highest BCUT2D eigenvalue weighted by Gasteiger charge is 2.18. The minimum absolute atomic E-state index is 0.0586. The molecule has 150 valence electrons. The van der Waals surface area contributed by atoms with Gasteiger partial charge < -0.3 is 0 Å². The first-order valence-corrected chi connectivity index (χ1v) is 11.1. The lowest BCUT2D eigenvalue weighted by Crippen LogP contribution is -2.23. The summed E-state index contributed by atoms with van der Waals surface area (Å²) in [6.45, 7) is 1.92. The molecule has 5 nitrogen and oxygen atoms in total. The monoisotopic (exact) mass is 453 g/mol. The SMILES string of the molecule is Cc1c(CNS(=O)(=O)c2ccc(F)c(Cl)c2)sc2nc(-c3ccc(F)cc3)cn12. The van der Waals surface area contributed by atoms with Gasteiger partial charge in [0.25, 0.3) is 0 Å². The summed E-state index contributed by atoms with van der Waals surface area (Å²) in [5, 5.41) is -0.257. The third kappa shape index (κ3) is 3.91. The Kier molecular flexibility index (Phi) is 5.16. The number of hydrogen-bond donors (Lipinski definition) is 1. The number of thiazole rings is 1. The first kappa shape index (κ1) is 20.0. The number of sulfonamides is 1. The standard InChI is InChI=1S/C19H14ClF2N3O2S2/c1-11-18(9-23-29(26,27)14-6-7-16(22)15(20)8-14)28-19-24-17(10-25(11)19)12-2-4-13(21)5-3-12/h2-8,10,23H,9H2,1H3. The minimum atomic E-state index is -3.85. The number of aryl methyl sites for hydroxylation is 1. The van der Waals surface area contributed by atoms with Gasteiger partial charge in [0.05, 0.1) is 15.6 Å². The number of rotatable bonds is 5. The Hall–Kier alpha value is -2.33. The summed E-state index contributed by atoms with van der Waals surface area (Å²) in [7, 11) is -3.85. The number of halogens is 3. The maximum absolute atomic E-state index is 13.3. The van der Waals surface area contributed by atoms with Crippen LogP contribution < -0.4 is 4.72 Å². The molecule has 0 saturated heterocycles. The summed E-state index contributed by atoms with van der Waals surface area (Å²) in [6, 6.07) is 9.29. The second kappa shape index (κ2) is 7.49. The number of fused-ring (bicyclic) bond motifs is 1. The number of hydrogen-bond acceptors (Lipinski definition) is 4. The lowest BCUT2D eigenvalue weighted by Gasteiger charge is -2.07. The van der Waals surface area contributed by atoms with Crippen molar-refractivity contribution in [1.29, 1.82) is 0 Å². The molecule has 0 saturated carbocycles. The van der Waals surface area contributed by atoms with E-state index in [0.717, 1.165) is 34.3 Å². The lowest BCUT2D eigenvalue weighted by atomic mass is 10.2. The third-order valence-corrected chi connectivity index (χ3v) is 7.26. The molecular weight excluding hydrogens is 440 g/mol. The Labute approximate surface area is 174 Å². The first-order valence-electron chi connectivity index (χ1n) is 8.42. The van der Waals surface area contributed by atoms with Crippen LogP contribution in [0, 0.1) is 18.6 Å². The highest BCUT2D eigenvalue weighted by Crippen LogP contribution is 2.28. The molecule has 2 heterocycles. The van der Waals surface area contributed by atoms with Gasteiger partial charge in [0, 0.05) is 28.9 Å². The van der Waals surface area contributed by atoms with E-state index < -0.39 is 15.8 Å². The van der Waals surface area contributed by atoms with Gasteiger partial charge in [0.1, 0.15) is 11.6 Å². The van der Waals surface area contributed by atoms with E-state index in [1.165, 1.54) is 23.5 Å². The van der Waals surface area contributed by atoms with Crippen LogP contribution in [0.3, 0.4) is 0 Å². The molecule has 4 rings (SSSR count). The van der Waals surface area contributed by atoms with Crippen LogP contribution in [0.5, 0.6) is 0 Å². The van der Waals surface area contributed by atoms with Crippen molar-refractivity contribution in [3.05, 3.63) is 75.9 Å². The van der Waals surface area contributed by atoms with Crippen molar-refractivity contribution in [3.63, 3.8) is 0 Å². The maximum atomic E-state index is 13.3. The van der Waals surface area contributed by atoms with E-state index in [1.54, 1.807) is 12.1 Å². The zero-order chi connectivity index (χ0) is 20.8. The van der Waals surface area contributed by atoms with E-state index in [-0.39, 0.29) is 22.3 Å². The van der Waals surface area contributed by atoms with Gasteiger partial charge in [-0.1, -0.05) is 22.9 Å². The average molecular weight is 454 g/mol. The predicted molar refractivity (Wildman–Crippen MR) is 109 cm³/mol. The van der Waals surface area contributed by atoms with Gasteiger partial charge in [-0.25, -0.2) is 26.9 Å². The smallest absolute Gasteiger partial charge is 0.240 e.